The summed E-state index contributed by atoms with van der Waals surface area (Å²) in [4.78, 5) is 4.60. The van der Waals surface area contributed by atoms with Gasteiger partial charge in [0.05, 0.1) is 5.88 Å². The standard InChI is InChI=1S/C17H20ClNO/c1-3-7-15-10-13(2)16(11-18)17(19-15)20-12-14-8-5-4-6-9-14/h4-6,8-10H,3,7,11-12H2,1-2H3. The van der Waals surface area contributed by atoms with E-state index in [4.69, 9.17) is 16.3 Å². The van der Waals surface area contributed by atoms with Gasteiger partial charge in [0.2, 0.25) is 5.88 Å². The molecule has 3 heteroatoms. The molecular weight excluding hydrogens is 270 g/mol. The van der Waals surface area contributed by atoms with Crippen molar-refractivity contribution in [3.8, 4) is 5.88 Å². The highest BCUT2D eigenvalue weighted by Crippen LogP contribution is 2.24. The molecule has 1 heterocycles. The van der Waals surface area contributed by atoms with E-state index in [-0.39, 0.29) is 0 Å². The quantitative estimate of drug-likeness (QED) is 0.722. The number of aromatic nitrogens is 1. The van der Waals surface area contributed by atoms with Gasteiger partial charge in [-0.05, 0) is 30.5 Å². The molecule has 0 aliphatic carbocycles. The van der Waals surface area contributed by atoms with Gasteiger partial charge in [-0.25, -0.2) is 4.98 Å². The lowest BCUT2D eigenvalue weighted by Crippen LogP contribution is -2.04. The number of rotatable bonds is 6. The fourth-order valence-corrected chi connectivity index (χ4v) is 2.45. The van der Waals surface area contributed by atoms with Crippen molar-refractivity contribution in [3.63, 3.8) is 0 Å². The zero-order valence-electron chi connectivity index (χ0n) is 12.0. The topological polar surface area (TPSA) is 22.1 Å². The molecule has 20 heavy (non-hydrogen) atoms. The number of hydrogen-bond donors (Lipinski definition) is 0. The van der Waals surface area contributed by atoms with E-state index >= 15 is 0 Å². The van der Waals surface area contributed by atoms with Gasteiger partial charge in [0.15, 0.2) is 0 Å². The third kappa shape index (κ3) is 3.73. The van der Waals surface area contributed by atoms with Gasteiger partial charge in [0.25, 0.3) is 0 Å². The molecule has 0 saturated carbocycles. The number of pyridine rings is 1. The first kappa shape index (κ1) is 14.9. The summed E-state index contributed by atoms with van der Waals surface area (Å²) in [6, 6.07) is 12.2. The molecule has 0 atom stereocenters. The van der Waals surface area contributed by atoms with Crippen molar-refractivity contribution >= 4 is 11.6 Å². The summed E-state index contributed by atoms with van der Waals surface area (Å²) >= 11 is 6.03. The second-order valence-electron chi connectivity index (χ2n) is 4.87. The van der Waals surface area contributed by atoms with Gasteiger partial charge in [-0.15, -0.1) is 11.6 Å². The number of aryl methyl sites for hydroxylation is 2. The summed E-state index contributed by atoms with van der Waals surface area (Å²) in [5.74, 6) is 1.10. The first-order valence-corrected chi connectivity index (χ1v) is 7.50. The van der Waals surface area contributed by atoms with E-state index in [9.17, 15) is 0 Å². The van der Waals surface area contributed by atoms with E-state index in [1.54, 1.807) is 0 Å². The molecule has 0 amide bonds. The van der Waals surface area contributed by atoms with Gasteiger partial charge in [-0.2, -0.15) is 0 Å². The molecule has 0 N–H and O–H groups in total. The van der Waals surface area contributed by atoms with Crippen LogP contribution in [0.25, 0.3) is 0 Å². The third-order valence-electron chi connectivity index (χ3n) is 3.22. The Morgan fingerprint density at radius 3 is 2.60 bits per heavy atom. The van der Waals surface area contributed by atoms with Crippen LogP contribution in [0.3, 0.4) is 0 Å². The fourth-order valence-electron chi connectivity index (χ4n) is 2.13. The van der Waals surface area contributed by atoms with Gasteiger partial charge in [0, 0.05) is 11.3 Å². The van der Waals surface area contributed by atoms with Crippen molar-refractivity contribution in [2.24, 2.45) is 0 Å². The highest BCUT2D eigenvalue weighted by Gasteiger charge is 2.10. The van der Waals surface area contributed by atoms with Crippen molar-refractivity contribution in [1.29, 1.82) is 0 Å². The first-order valence-electron chi connectivity index (χ1n) is 6.96. The summed E-state index contributed by atoms with van der Waals surface area (Å²) in [6.07, 6.45) is 2.04. The maximum absolute atomic E-state index is 6.03. The van der Waals surface area contributed by atoms with Crippen LogP contribution in [-0.4, -0.2) is 4.98 Å². The van der Waals surface area contributed by atoms with Gasteiger partial charge in [-0.1, -0.05) is 43.7 Å². The summed E-state index contributed by atoms with van der Waals surface area (Å²) in [5.41, 5.74) is 4.35. The lowest BCUT2D eigenvalue weighted by Gasteiger charge is -2.13. The average molecular weight is 290 g/mol. The van der Waals surface area contributed by atoms with E-state index in [1.165, 1.54) is 0 Å². The van der Waals surface area contributed by atoms with Crippen LogP contribution in [0.2, 0.25) is 0 Å². The molecule has 0 bridgehead atoms. The Labute approximate surface area is 125 Å². The van der Waals surface area contributed by atoms with Crippen LogP contribution in [-0.2, 0) is 18.9 Å². The van der Waals surface area contributed by atoms with Gasteiger partial charge in [0.1, 0.15) is 6.61 Å². The van der Waals surface area contributed by atoms with Crippen molar-refractivity contribution in [2.45, 2.75) is 39.2 Å². The largest absolute Gasteiger partial charge is 0.473 e. The molecule has 2 rings (SSSR count). The molecule has 1 aromatic heterocycles. The Morgan fingerprint density at radius 1 is 1.20 bits per heavy atom. The van der Waals surface area contributed by atoms with Crippen LogP contribution < -0.4 is 4.74 Å². The number of benzene rings is 1. The van der Waals surface area contributed by atoms with Gasteiger partial charge in [-0.3, -0.25) is 0 Å². The maximum atomic E-state index is 6.03. The smallest absolute Gasteiger partial charge is 0.218 e. The molecule has 0 saturated heterocycles. The molecular formula is C17H20ClNO. The average Bonchev–Trinajstić information content (AvgIpc) is 2.46. The summed E-state index contributed by atoms with van der Waals surface area (Å²) in [6.45, 7) is 4.73. The van der Waals surface area contributed by atoms with Crippen LogP contribution in [0.5, 0.6) is 5.88 Å². The SMILES string of the molecule is CCCc1cc(C)c(CCl)c(OCc2ccccc2)n1. The molecule has 2 aromatic rings. The first-order chi connectivity index (χ1) is 9.74. The Morgan fingerprint density at radius 2 is 1.95 bits per heavy atom. The number of alkyl halides is 1. The lowest BCUT2D eigenvalue weighted by molar-refractivity contribution is 0.290. The lowest BCUT2D eigenvalue weighted by atomic mass is 10.1. The Hall–Kier alpha value is -1.54. The molecule has 0 unspecified atom stereocenters. The van der Waals surface area contributed by atoms with Crippen LogP contribution in [0.15, 0.2) is 36.4 Å². The van der Waals surface area contributed by atoms with Crippen LogP contribution in [0.1, 0.15) is 35.7 Å². The van der Waals surface area contributed by atoms with Crippen LogP contribution in [0.4, 0.5) is 0 Å². The van der Waals surface area contributed by atoms with Crippen molar-refractivity contribution in [2.75, 3.05) is 0 Å². The van der Waals surface area contributed by atoms with Gasteiger partial charge >= 0.3 is 0 Å². The van der Waals surface area contributed by atoms with E-state index in [2.05, 4.69) is 24.9 Å². The number of hydrogen-bond acceptors (Lipinski definition) is 2. The zero-order chi connectivity index (χ0) is 14.4. The number of ether oxygens (including phenoxy) is 1. The minimum absolute atomic E-state index is 0.426. The predicted octanol–water partition coefficient (Wildman–Crippen LogP) is 4.66. The normalized spacial score (nSPS) is 10.6. The number of halogens is 1. The second kappa shape index (κ2) is 7.30. The molecule has 2 nitrogen and oxygen atoms in total. The molecule has 0 fully saturated rings. The maximum Gasteiger partial charge on any atom is 0.218 e. The molecule has 0 aliphatic rings. The van der Waals surface area contributed by atoms with Crippen molar-refractivity contribution in [3.05, 3.63) is 58.8 Å². The van der Waals surface area contributed by atoms with E-state index < -0.39 is 0 Å². The summed E-state index contributed by atoms with van der Waals surface area (Å²) in [5, 5.41) is 0. The summed E-state index contributed by atoms with van der Waals surface area (Å²) in [7, 11) is 0. The van der Waals surface area contributed by atoms with Crippen LogP contribution in [0, 0.1) is 6.92 Å². The van der Waals surface area contributed by atoms with Crippen LogP contribution >= 0.6 is 11.6 Å². The Balaban J connectivity index is 2.20. The monoisotopic (exact) mass is 289 g/mol. The Bertz CT molecular complexity index is 554. The van der Waals surface area contributed by atoms with E-state index in [0.717, 1.165) is 35.2 Å². The highest BCUT2D eigenvalue weighted by atomic mass is 35.5. The predicted molar refractivity (Wildman–Crippen MR) is 83.3 cm³/mol. The second-order valence-corrected chi connectivity index (χ2v) is 5.14. The van der Waals surface area contributed by atoms with Gasteiger partial charge < -0.3 is 4.74 Å². The minimum Gasteiger partial charge on any atom is -0.473 e. The molecule has 0 aliphatic heterocycles. The molecule has 1 aromatic carbocycles. The zero-order valence-corrected chi connectivity index (χ0v) is 12.8. The minimum atomic E-state index is 0.426. The number of nitrogens with zero attached hydrogens (tertiary/aromatic N) is 1. The summed E-state index contributed by atoms with van der Waals surface area (Å²) < 4.78 is 5.89. The highest BCUT2D eigenvalue weighted by molar-refractivity contribution is 6.17. The molecule has 106 valence electrons. The fraction of sp³-hybridized carbons (Fsp3) is 0.353. The van der Waals surface area contributed by atoms with E-state index in [1.807, 2.05) is 30.3 Å². The Kier molecular flexibility index (Phi) is 5.42. The third-order valence-corrected chi connectivity index (χ3v) is 3.49. The van der Waals surface area contributed by atoms with Crippen molar-refractivity contribution < 1.29 is 4.74 Å². The molecule has 0 radical (unpaired) electrons. The van der Waals surface area contributed by atoms with E-state index in [0.29, 0.717) is 18.4 Å². The molecule has 0 spiro atoms. The van der Waals surface area contributed by atoms with Crippen molar-refractivity contribution in [1.82, 2.24) is 4.98 Å².